The topological polar surface area (TPSA) is 50.2 Å². The molecule has 1 aromatic rings. The maximum Gasteiger partial charge on any atom is 0.410 e. The Hall–Kier alpha value is -1.73. The monoisotopic (exact) mass is 370 g/mol. The van der Waals surface area contributed by atoms with Crippen LogP contribution in [0.25, 0.3) is 0 Å². The highest BCUT2D eigenvalue weighted by Crippen LogP contribution is 2.43. The van der Waals surface area contributed by atoms with Gasteiger partial charge in [0, 0.05) is 31.1 Å². The van der Waals surface area contributed by atoms with Crippen LogP contribution in [0.1, 0.15) is 44.3 Å². The molecule has 2 fully saturated rings. The molecule has 0 unspecified atom stereocenters. The average Bonchev–Trinajstić information content (AvgIpc) is 3.19. The number of carbonyl (C=O) groups excluding carboxylic acids is 1. The minimum Gasteiger partial charge on any atom is -0.367 e. The largest absolute Gasteiger partial charge is 0.410 e. The molecule has 1 aliphatic carbocycles. The Kier molecular flexibility index (Phi) is 4.19. The van der Waals surface area contributed by atoms with Gasteiger partial charge in [-0.05, 0) is 44.4 Å². The van der Waals surface area contributed by atoms with Crippen LogP contribution in [0.3, 0.4) is 0 Å². The van der Waals surface area contributed by atoms with Crippen LogP contribution >= 0.6 is 0 Å². The molecule has 144 valence electrons. The first-order chi connectivity index (χ1) is 12.2. The van der Waals surface area contributed by atoms with Crippen molar-refractivity contribution in [1.29, 1.82) is 0 Å². The van der Waals surface area contributed by atoms with Gasteiger partial charge in [0.1, 0.15) is 5.82 Å². The number of piperidine rings is 1. The van der Waals surface area contributed by atoms with E-state index in [4.69, 9.17) is 0 Å². The second-order valence-corrected chi connectivity index (χ2v) is 8.14. The molecule has 0 aromatic carbocycles. The van der Waals surface area contributed by atoms with Crippen LogP contribution in [0, 0.1) is 24.7 Å². The van der Waals surface area contributed by atoms with Crippen LogP contribution in [0.15, 0.2) is 6.07 Å². The summed E-state index contributed by atoms with van der Waals surface area (Å²) in [5, 5.41) is 7.30. The van der Waals surface area contributed by atoms with Gasteiger partial charge in [-0.1, -0.05) is 6.92 Å². The molecule has 0 spiro atoms. The normalized spacial score (nSPS) is 32.1. The summed E-state index contributed by atoms with van der Waals surface area (Å²) >= 11 is 0. The maximum absolute atomic E-state index is 13.5. The summed E-state index contributed by atoms with van der Waals surface area (Å²) < 4.78 is 41.7. The minimum atomic E-state index is -4.31. The standard InChI is InChI=1S/C18H25F3N4O/c1-10-7-13(10)17(26)24-5-3-12(4-6-24)14-9-15(18(19,20)21)25-16(22-14)8-11(2)23-25/h8,10,12-15,22H,3-7,9H2,1-2H3/t10-,13+,14-,15+/m0/s1. The van der Waals surface area contributed by atoms with E-state index in [2.05, 4.69) is 17.3 Å². The van der Waals surface area contributed by atoms with Crippen LogP contribution in [0.4, 0.5) is 19.0 Å². The number of nitrogens with one attached hydrogen (secondary N) is 1. The smallest absolute Gasteiger partial charge is 0.367 e. The number of hydrogen-bond acceptors (Lipinski definition) is 3. The summed E-state index contributed by atoms with van der Waals surface area (Å²) in [5.74, 6) is 1.48. The predicted molar refractivity (Wildman–Crippen MR) is 90.7 cm³/mol. The molecule has 1 saturated heterocycles. The van der Waals surface area contributed by atoms with E-state index < -0.39 is 12.2 Å². The molecule has 1 aromatic heterocycles. The van der Waals surface area contributed by atoms with Crippen molar-refractivity contribution in [3.63, 3.8) is 0 Å². The first-order valence-electron chi connectivity index (χ1n) is 9.42. The number of aromatic nitrogens is 2. The molecule has 4 rings (SSSR count). The van der Waals surface area contributed by atoms with Crippen LogP contribution in [-0.4, -0.2) is 45.9 Å². The van der Waals surface area contributed by atoms with E-state index in [9.17, 15) is 18.0 Å². The zero-order valence-corrected chi connectivity index (χ0v) is 15.1. The number of alkyl halides is 3. The van der Waals surface area contributed by atoms with Gasteiger partial charge in [0.2, 0.25) is 5.91 Å². The van der Waals surface area contributed by atoms with Gasteiger partial charge < -0.3 is 10.2 Å². The van der Waals surface area contributed by atoms with Gasteiger partial charge in [-0.25, -0.2) is 4.68 Å². The zero-order valence-electron chi connectivity index (χ0n) is 15.1. The summed E-state index contributed by atoms with van der Waals surface area (Å²) in [4.78, 5) is 14.3. The van der Waals surface area contributed by atoms with E-state index in [0.717, 1.165) is 23.9 Å². The lowest BCUT2D eigenvalue weighted by Gasteiger charge is -2.41. The SMILES string of the molecule is Cc1cc2n(n1)[C@@H](C(F)(F)F)C[C@@H](C1CCN(C(=O)[C@@H]3C[C@@H]3C)CC1)N2. The second-order valence-electron chi connectivity index (χ2n) is 8.14. The van der Waals surface area contributed by atoms with Crippen molar-refractivity contribution in [3.8, 4) is 0 Å². The third-order valence-electron chi connectivity index (χ3n) is 6.19. The van der Waals surface area contributed by atoms with Crippen LogP contribution in [-0.2, 0) is 4.79 Å². The summed E-state index contributed by atoms with van der Waals surface area (Å²) in [7, 11) is 0. The number of hydrogen-bond donors (Lipinski definition) is 1. The molecule has 26 heavy (non-hydrogen) atoms. The van der Waals surface area contributed by atoms with Gasteiger partial charge in [-0.15, -0.1) is 0 Å². The lowest BCUT2D eigenvalue weighted by molar-refractivity contribution is -0.174. The van der Waals surface area contributed by atoms with Crippen molar-refractivity contribution >= 4 is 11.7 Å². The fourth-order valence-electron chi connectivity index (χ4n) is 4.46. The van der Waals surface area contributed by atoms with Crippen molar-refractivity contribution in [2.75, 3.05) is 18.4 Å². The first-order valence-corrected chi connectivity index (χ1v) is 9.42. The maximum atomic E-state index is 13.5. The number of amides is 1. The highest BCUT2D eigenvalue weighted by Gasteiger charge is 2.48. The lowest BCUT2D eigenvalue weighted by Crippen LogP contribution is -2.47. The third kappa shape index (κ3) is 3.18. The van der Waals surface area contributed by atoms with Crippen LogP contribution in [0.5, 0.6) is 0 Å². The fourth-order valence-corrected chi connectivity index (χ4v) is 4.46. The van der Waals surface area contributed by atoms with Gasteiger partial charge in [0.25, 0.3) is 0 Å². The third-order valence-corrected chi connectivity index (χ3v) is 6.19. The number of likely N-dealkylation sites (tertiary alicyclic amines) is 1. The predicted octanol–water partition coefficient (Wildman–Crippen LogP) is 3.37. The number of rotatable bonds is 2. The summed E-state index contributed by atoms with van der Waals surface area (Å²) in [6, 6.07) is -0.135. The Morgan fingerprint density at radius 2 is 1.92 bits per heavy atom. The molecule has 3 aliphatic rings. The number of aryl methyl sites for hydroxylation is 1. The molecule has 3 heterocycles. The number of anilines is 1. The lowest BCUT2D eigenvalue weighted by atomic mass is 9.84. The quantitative estimate of drug-likeness (QED) is 0.868. The molecular weight excluding hydrogens is 345 g/mol. The summed E-state index contributed by atoms with van der Waals surface area (Å²) in [6.07, 6.45) is -1.84. The van der Waals surface area contributed by atoms with Crippen LogP contribution in [0.2, 0.25) is 0 Å². The van der Waals surface area contributed by atoms with Gasteiger partial charge in [-0.3, -0.25) is 4.79 Å². The van der Waals surface area contributed by atoms with Gasteiger partial charge in [0.05, 0.1) is 5.69 Å². The fraction of sp³-hybridized carbons (Fsp3) is 0.778. The highest BCUT2D eigenvalue weighted by atomic mass is 19.4. The Morgan fingerprint density at radius 3 is 2.50 bits per heavy atom. The van der Waals surface area contributed by atoms with Crippen molar-refractivity contribution < 1.29 is 18.0 Å². The molecule has 8 heteroatoms. The van der Waals surface area contributed by atoms with E-state index in [0.29, 0.717) is 30.5 Å². The van der Waals surface area contributed by atoms with Crippen molar-refractivity contribution in [1.82, 2.24) is 14.7 Å². The Bertz CT molecular complexity index is 693. The van der Waals surface area contributed by atoms with E-state index in [1.165, 1.54) is 0 Å². The Balaban J connectivity index is 1.43. The number of carbonyl (C=O) groups is 1. The first kappa shape index (κ1) is 17.7. The number of halogens is 3. The molecule has 2 aliphatic heterocycles. The molecule has 1 N–H and O–H groups in total. The second kappa shape index (κ2) is 6.16. The van der Waals surface area contributed by atoms with Crippen molar-refractivity contribution in [3.05, 3.63) is 11.8 Å². The van der Waals surface area contributed by atoms with E-state index in [1.54, 1.807) is 13.0 Å². The summed E-state index contributed by atoms with van der Waals surface area (Å²) in [6.45, 7) is 5.10. The van der Waals surface area contributed by atoms with Gasteiger partial charge in [0.15, 0.2) is 6.04 Å². The average molecular weight is 370 g/mol. The molecule has 4 atom stereocenters. The van der Waals surface area contributed by atoms with Gasteiger partial charge >= 0.3 is 6.18 Å². The highest BCUT2D eigenvalue weighted by molar-refractivity contribution is 5.81. The van der Waals surface area contributed by atoms with E-state index in [-0.39, 0.29) is 30.2 Å². The van der Waals surface area contributed by atoms with Crippen molar-refractivity contribution in [2.24, 2.45) is 17.8 Å². The molecule has 1 saturated carbocycles. The molecular formula is C18H25F3N4O. The van der Waals surface area contributed by atoms with Crippen molar-refractivity contribution in [2.45, 2.75) is 57.8 Å². The summed E-state index contributed by atoms with van der Waals surface area (Å²) in [5.41, 5.74) is 0.585. The minimum absolute atomic E-state index is 0.00408. The zero-order chi connectivity index (χ0) is 18.6. The molecule has 5 nitrogen and oxygen atoms in total. The molecule has 1 amide bonds. The van der Waals surface area contributed by atoms with E-state index in [1.807, 2.05) is 4.90 Å². The van der Waals surface area contributed by atoms with E-state index >= 15 is 0 Å². The number of nitrogens with zero attached hydrogens (tertiary/aromatic N) is 3. The van der Waals surface area contributed by atoms with Gasteiger partial charge in [-0.2, -0.15) is 18.3 Å². The van der Waals surface area contributed by atoms with Crippen LogP contribution < -0.4 is 5.32 Å². The number of fused-ring (bicyclic) bond motifs is 1. The Morgan fingerprint density at radius 1 is 1.27 bits per heavy atom. The Labute approximate surface area is 150 Å². The molecule has 0 radical (unpaired) electrons. The molecule has 0 bridgehead atoms.